The highest BCUT2D eigenvalue weighted by Gasteiger charge is 2.20. The predicted octanol–water partition coefficient (Wildman–Crippen LogP) is 0.144. The lowest BCUT2D eigenvalue weighted by Crippen LogP contribution is -2.39. The minimum atomic E-state index is 0.0618. The van der Waals surface area contributed by atoms with Gasteiger partial charge in [0.1, 0.15) is 5.78 Å². The highest BCUT2D eigenvalue weighted by Crippen LogP contribution is 2.07. The number of ketones is 1. The standard InChI is InChI=1S/C10H13N3O2/c14-9-2-5-13(6-3-9)10(15)7-8-1-4-11-12-8/h1,4H,2-3,5-7H2,(H,11,12). The molecule has 5 heteroatoms. The second kappa shape index (κ2) is 4.25. The first-order chi connectivity index (χ1) is 7.25. The average molecular weight is 207 g/mol. The van der Waals surface area contributed by atoms with Crippen LogP contribution >= 0.6 is 0 Å². The van der Waals surface area contributed by atoms with Gasteiger partial charge in [0.25, 0.3) is 0 Å². The fraction of sp³-hybridized carbons (Fsp3) is 0.500. The topological polar surface area (TPSA) is 66.1 Å². The smallest absolute Gasteiger partial charge is 0.228 e. The fourth-order valence-corrected chi connectivity index (χ4v) is 1.66. The van der Waals surface area contributed by atoms with Crippen molar-refractivity contribution in [2.24, 2.45) is 0 Å². The van der Waals surface area contributed by atoms with Crippen LogP contribution in [0.3, 0.4) is 0 Å². The van der Waals surface area contributed by atoms with Gasteiger partial charge < -0.3 is 4.90 Å². The Morgan fingerprint density at radius 3 is 2.80 bits per heavy atom. The molecule has 5 nitrogen and oxygen atoms in total. The number of piperidine rings is 1. The molecular weight excluding hydrogens is 194 g/mol. The number of nitrogens with one attached hydrogen (secondary N) is 1. The summed E-state index contributed by atoms with van der Waals surface area (Å²) < 4.78 is 0. The number of aromatic amines is 1. The predicted molar refractivity (Wildman–Crippen MR) is 53.1 cm³/mol. The minimum Gasteiger partial charge on any atom is -0.341 e. The van der Waals surface area contributed by atoms with E-state index in [1.54, 1.807) is 17.2 Å². The molecule has 1 aromatic heterocycles. The molecule has 0 bridgehead atoms. The number of aromatic nitrogens is 2. The third-order valence-corrected chi connectivity index (χ3v) is 2.57. The zero-order chi connectivity index (χ0) is 10.7. The van der Waals surface area contributed by atoms with Crippen LogP contribution in [0.2, 0.25) is 0 Å². The van der Waals surface area contributed by atoms with Crippen molar-refractivity contribution in [1.29, 1.82) is 0 Å². The molecule has 15 heavy (non-hydrogen) atoms. The van der Waals surface area contributed by atoms with Gasteiger partial charge in [-0.3, -0.25) is 14.7 Å². The van der Waals surface area contributed by atoms with Crippen LogP contribution in [-0.2, 0) is 16.0 Å². The fourth-order valence-electron chi connectivity index (χ4n) is 1.66. The molecule has 1 aliphatic heterocycles. The van der Waals surface area contributed by atoms with E-state index in [4.69, 9.17) is 0 Å². The van der Waals surface area contributed by atoms with Crippen LogP contribution in [0.25, 0.3) is 0 Å². The SMILES string of the molecule is O=C1CCN(C(=O)Cc2ccn[nH]2)CC1. The van der Waals surface area contributed by atoms with Crippen LogP contribution in [-0.4, -0.2) is 39.9 Å². The Morgan fingerprint density at radius 1 is 1.47 bits per heavy atom. The second-order valence-electron chi connectivity index (χ2n) is 3.68. The summed E-state index contributed by atoms with van der Waals surface area (Å²) in [6.07, 6.45) is 2.96. The Balaban J connectivity index is 1.89. The van der Waals surface area contributed by atoms with E-state index in [1.807, 2.05) is 0 Å². The zero-order valence-corrected chi connectivity index (χ0v) is 8.40. The molecule has 1 fully saturated rings. The van der Waals surface area contributed by atoms with Gasteiger partial charge in [-0.25, -0.2) is 0 Å². The summed E-state index contributed by atoms with van der Waals surface area (Å²) in [6.45, 7) is 1.12. The van der Waals surface area contributed by atoms with Gasteiger partial charge in [-0.05, 0) is 6.07 Å². The third-order valence-electron chi connectivity index (χ3n) is 2.57. The summed E-state index contributed by atoms with van der Waals surface area (Å²) >= 11 is 0. The number of likely N-dealkylation sites (tertiary alicyclic amines) is 1. The Bertz CT molecular complexity index is 349. The number of carbonyl (C=O) groups is 2. The van der Waals surface area contributed by atoms with E-state index >= 15 is 0 Å². The van der Waals surface area contributed by atoms with E-state index < -0.39 is 0 Å². The quantitative estimate of drug-likeness (QED) is 0.750. The molecule has 0 aromatic carbocycles. The Kier molecular flexibility index (Phi) is 2.80. The average Bonchev–Trinajstić information content (AvgIpc) is 2.71. The summed E-state index contributed by atoms with van der Waals surface area (Å²) in [5, 5.41) is 6.53. The van der Waals surface area contributed by atoms with Crippen molar-refractivity contribution in [3.8, 4) is 0 Å². The Hall–Kier alpha value is -1.65. The molecule has 1 N–H and O–H groups in total. The maximum Gasteiger partial charge on any atom is 0.228 e. The number of H-pyrrole nitrogens is 1. The van der Waals surface area contributed by atoms with E-state index in [0.29, 0.717) is 32.4 Å². The molecule has 0 saturated carbocycles. The number of rotatable bonds is 2. The van der Waals surface area contributed by atoms with Gasteiger partial charge in [0, 0.05) is 37.8 Å². The number of hydrogen-bond acceptors (Lipinski definition) is 3. The lowest BCUT2D eigenvalue weighted by molar-refractivity contribution is -0.133. The van der Waals surface area contributed by atoms with Crippen molar-refractivity contribution in [3.63, 3.8) is 0 Å². The van der Waals surface area contributed by atoms with Crippen molar-refractivity contribution < 1.29 is 9.59 Å². The van der Waals surface area contributed by atoms with Crippen LogP contribution in [0, 0.1) is 0 Å². The van der Waals surface area contributed by atoms with Crippen molar-refractivity contribution in [2.45, 2.75) is 19.3 Å². The first-order valence-electron chi connectivity index (χ1n) is 5.03. The van der Waals surface area contributed by atoms with E-state index in [9.17, 15) is 9.59 Å². The Morgan fingerprint density at radius 2 is 2.20 bits per heavy atom. The molecule has 1 amide bonds. The molecule has 0 spiro atoms. The van der Waals surface area contributed by atoms with E-state index in [2.05, 4.69) is 10.2 Å². The monoisotopic (exact) mass is 207 g/mol. The molecule has 0 aliphatic carbocycles. The second-order valence-corrected chi connectivity index (χ2v) is 3.68. The van der Waals surface area contributed by atoms with Gasteiger partial charge in [-0.15, -0.1) is 0 Å². The van der Waals surface area contributed by atoms with Gasteiger partial charge >= 0.3 is 0 Å². The van der Waals surface area contributed by atoms with Crippen molar-refractivity contribution >= 4 is 11.7 Å². The highest BCUT2D eigenvalue weighted by atomic mass is 16.2. The minimum absolute atomic E-state index is 0.0618. The highest BCUT2D eigenvalue weighted by molar-refractivity contribution is 5.84. The molecule has 1 aliphatic rings. The number of hydrogen-bond donors (Lipinski definition) is 1. The molecular formula is C10H13N3O2. The van der Waals surface area contributed by atoms with Gasteiger partial charge in [0.15, 0.2) is 0 Å². The summed E-state index contributed by atoms with van der Waals surface area (Å²) in [5.41, 5.74) is 0.817. The molecule has 0 unspecified atom stereocenters. The van der Waals surface area contributed by atoms with Crippen LogP contribution < -0.4 is 0 Å². The summed E-state index contributed by atoms with van der Waals surface area (Å²) in [4.78, 5) is 24.5. The molecule has 1 aromatic rings. The number of carbonyl (C=O) groups excluding carboxylic acids is 2. The van der Waals surface area contributed by atoms with Crippen LogP contribution in [0.5, 0.6) is 0 Å². The number of nitrogens with zero attached hydrogens (tertiary/aromatic N) is 2. The maximum atomic E-state index is 11.7. The van der Waals surface area contributed by atoms with Gasteiger partial charge in [-0.1, -0.05) is 0 Å². The van der Waals surface area contributed by atoms with E-state index in [0.717, 1.165) is 5.69 Å². The largest absolute Gasteiger partial charge is 0.341 e. The lowest BCUT2D eigenvalue weighted by atomic mass is 10.1. The van der Waals surface area contributed by atoms with Crippen LogP contribution in [0.4, 0.5) is 0 Å². The Labute approximate surface area is 87.5 Å². The normalized spacial score (nSPS) is 16.8. The molecule has 0 radical (unpaired) electrons. The molecule has 80 valence electrons. The molecule has 2 rings (SSSR count). The van der Waals surface area contributed by atoms with Crippen molar-refractivity contribution in [2.75, 3.05) is 13.1 Å². The lowest BCUT2D eigenvalue weighted by Gasteiger charge is -2.25. The third kappa shape index (κ3) is 2.43. The van der Waals surface area contributed by atoms with Crippen LogP contribution in [0.15, 0.2) is 12.3 Å². The van der Waals surface area contributed by atoms with Crippen molar-refractivity contribution in [1.82, 2.24) is 15.1 Å². The van der Waals surface area contributed by atoms with Crippen LogP contribution in [0.1, 0.15) is 18.5 Å². The molecule has 0 atom stereocenters. The maximum absolute atomic E-state index is 11.7. The summed E-state index contributed by atoms with van der Waals surface area (Å²) in [7, 11) is 0. The first kappa shape index (κ1) is 9.89. The van der Waals surface area contributed by atoms with Gasteiger partial charge in [-0.2, -0.15) is 5.10 Å². The summed E-state index contributed by atoms with van der Waals surface area (Å²) in [6, 6.07) is 1.78. The van der Waals surface area contributed by atoms with Gasteiger partial charge in [0.05, 0.1) is 6.42 Å². The van der Waals surface area contributed by atoms with E-state index in [-0.39, 0.29) is 11.7 Å². The van der Waals surface area contributed by atoms with E-state index in [1.165, 1.54) is 0 Å². The molecule has 2 heterocycles. The number of Topliss-reactive ketones (excluding diaryl/α,β-unsaturated/α-hetero) is 1. The first-order valence-corrected chi connectivity index (χ1v) is 5.03. The zero-order valence-electron chi connectivity index (χ0n) is 8.40. The van der Waals surface area contributed by atoms with Gasteiger partial charge in [0.2, 0.25) is 5.91 Å². The van der Waals surface area contributed by atoms with Crippen molar-refractivity contribution in [3.05, 3.63) is 18.0 Å². The number of amides is 1. The molecule has 1 saturated heterocycles. The summed E-state index contributed by atoms with van der Waals surface area (Å²) in [5.74, 6) is 0.312.